The molecule has 1 nitrogen and oxygen atoms in total. The average molecular weight is 316 g/mol. The van der Waals surface area contributed by atoms with Crippen LogP contribution in [0.4, 0.5) is 0 Å². The minimum atomic E-state index is 0.0447. The van der Waals surface area contributed by atoms with E-state index in [9.17, 15) is 4.79 Å². The largest absolute Gasteiger partial charge is 0.288 e. The first-order valence-electron chi connectivity index (χ1n) is 7.42. The molecule has 23 heavy (non-hydrogen) atoms. The molecule has 2 heteroatoms. The maximum atomic E-state index is 12.9. The number of allylic oxidation sites excluding steroid dienone is 1. The highest BCUT2D eigenvalue weighted by Crippen LogP contribution is 2.30. The molecule has 112 valence electrons. The van der Waals surface area contributed by atoms with Gasteiger partial charge in [-0.05, 0) is 23.8 Å². The monoisotopic (exact) mass is 316 g/mol. The van der Waals surface area contributed by atoms with Crippen LogP contribution < -0.4 is 0 Å². The second-order valence-electron chi connectivity index (χ2n) is 5.03. The Kier molecular flexibility index (Phi) is 5.07. The molecule has 0 bridgehead atoms. The van der Waals surface area contributed by atoms with Gasteiger partial charge in [0.1, 0.15) is 0 Å². The number of ketones is 1. The molecule has 0 spiro atoms. The molecule has 0 N–H and O–H groups in total. The van der Waals surface area contributed by atoms with Gasteiger partial charge in [-0.3, -0.25) is 4.79 Å². The summed E-state index contributed by atoms with van der Waals surface area (Å²) in [6, 6.07) is 29.3. The molecule has 0 saturated heterocycles. The van der Waals surface area contributed by atoms with Crippen LogP contribution in [0.1, 0.15) is 15.9 Å². The summed E-state index contributed by atoms with van der Waals surface area (Å²) in [7, 11) is 0. The van der Waals surface area contributed by atoms with Crippen molar-refractivity contribution in [2.24, 2.45) is 0 Å². The van der Waals surface area contributed by atoms with Crippen molar-refractivity contribution in [3.8, 4) is 0 Å². The van der Waals surface area contributed by atoms with E-state index in [2.05, 4.69) is 0 Å². The number of Topliss-reactive ketones (excluding diaryl/α,β-unsaturated/α-hetero) is 1. The van der Waals surface area contributed by atoms with E-state index in [1.165, 1.54) is 11.8 Å². The van der Waals surface area contributed by atoms with E-state index < -0.39 is 0 Å². The highest BCUT2D eigenvalue weighted by Gasteiger charge is 2.13. The first-order valence-corrected chi connectivity index (χ1v) is 8.24. The standard InChI is InChI=1S/C21H16OS/c22-21(18-12-6-2-7-13-18)20(16-17-10-4-1-5-11-17)23-19-14-8-3-9-15-19/h1-16H. The number of hydrogen-bond acceptors (Lipinski definition) is 2. The zero-order valence-corrected chi connectivity index (χ0v) is 13.4. The highest BCUT2D eigenvalue weighted by atomic mass is 32.2. The van der Waals surface area contributed by atoms with E-state index >= 15 is 0 Å². The van der Waals surface area contributed by atoms with Crippen molar-refractivity contribution >= 4 is 23.6 Å². The summed E-state index contributed by atoms with van der Waals surface area (Å²) in [5.41, 5.74) is 1.73. The quantitative estimate of drug-likeness (QED) is 0.341. The smallest absolute Gasteiger partial charge is 0.199 e. The molecule has 0 saturated carbocycles. The van der Waals surface area contributed by atoms with E-state index in [-0.39, 0.29) is 5.78 Å². The van der Waals surface area contributed by atoms with Gasteiger partial charge >= 0.3 is 0 Å². The van der Waals surface area contributed by atoms with Crippen LogP contribution in [0.5, 0.6) is 0 Å². The fourth-order valence-corrected chi connectivity index (χ4v) is 3.14. The molecule has 0 radical (unpaired) electrons. The Labute approximate surface area is 140 Å². The van der Waals surface area contributed by atoms with Gasteiger partial charge in [0.2, 0.25) is 0 Å². The lowest BCUT2D eigenvalue weighted by Gasteiger charge is -2.07. The van der Waals surface area contributed by atoms with Gasteiger partial charge in [0.25, 0.3) is 0 Å². The third kappa shape index (κ3) is 4.21. The van der Waals surface area contributed by atoms with Crippen LogP contribution in [0.2, 0.25) is 0 Å². The Bertz CT molecular complexity index is 793. The Balaban J connectivity index is 1.96. The van der Waals surface area contributed by atoms with Crippen LogP contribution in [-0.4, -0.2) is 5.78 Å². The lowest BCUT2D eigenvalue weighted by molar-refractivity contribution is 0.104. The molecule has 0 heterocycles. The normalized spacial score (nSPS) is 11.2. The van der Waals surface area contributed by atoms with Gasteiger partial charge in [0.15, 0.2) is 5.78 Å². The number of benzene rings is 3. The van der Waals surface area contributed by atoms with Gasteiger partial charge in [0.05, 0.1) is 4.91 Å². The van der Waals surface area contributed by atoms with E-state index in [1.54, 1.807) is 0 Å². The van der Waals surface area contributed by atoms with Crippen molar-refractivity contribution in [2.45, 2.75) is 4.90 Å². The molecule has 0 aliphatic rings. The second-order valence-corrected chi connectivity index (χ2v) is 6.14. The van der Waals surface area contributed by atoms with E-state index in [0.717, 1.165) is 10.5 Å². The molecule has 3 aromatic carbocycles. The summed E-state index contributed by atoms with van der Waals surface area (Å²) in [4.78, 5) is 14.6. The number of carbonyl (C=O) groups is 1. The Morgan fingerprint density at radius 3 is 1.83 bits per heavy atom. The van der Waals surface area contributed by atoms with Gasteiger partial charge in [-0.1, -0.05) is 90.6 Å². The van der Waals surface area contributed by atoms with Crippen LogP contribution in [-0.2, 0) is 0 Å². The summed E-state index contributed by atoms with van der Waals surface area (Å²) in [6.07, 6.45) is 1.95. The van der Waals surface area contributed by atoms with Gasteiger partial charge in [-0.2, -0.15) is 0 Å². The van der Waals surface area contributed by atoms with Crippen LogP contribution in [0.25, 0.3) is 6.08 Å². The molecule has 0 aliphatic carbocycles. The van der Waals surface area contributed by atoms with E-state index in [4.69, 9.17) is 0 Å². The van der Waals surface area contributed by atoms with Crippen LogP contribution in [0.3, 0.4) is 0 Å². The summed E-state index contributed by atoms with van der Waals surface area (Å²) < 4.78 is 0. The van der Waals surface area contributed by atoms with Gasteiger partial charge in [0, 0.05) is 10.5 Å². The maximum Gasteiger partial charge on any atom is 0.199 e. The van der Waals surface area contributed by atoms with Crippen molar-refractivity contribution in [1.29, 1.82) is 0 Å². The summed E-state index contributed by atoms with van der Waals surface area (Å²) >= 11 is 1.50. The predicted octanol–water partition coefficient (Wildman–Crippen LogP) is 5.70. The van der Waals surface area contributed by atoms with Crippen molar-refractivity contribution in [3.05, 3.63) is 107 Å². The van der Waals surface area contributed by atoms with Gasteiger partial charge in [-0.25, -0.2) is 0 Å². The molecule has 0 aromatic heterocycles. The summed E-state index contributed by atoms with van der Waals surface area (Å²) in [5, 5.41) is 0. The SMILES string of the molecule is O=C(C(=Cc1ccccc1)Sc1ccccc1)c1ccccc1. The first-order chi connectivity index (χ1) is 11.3. The zero-order valence-electron chi connectivity index (χ0n) is 12.6. The Morgan fingerprint density at radius 1 is 0.696 bits per heavy atom. The van der Waals surface area contributed by atoms with Crippen LogP contribution in [0.15, 0.2) is 101 Å². The average Bonchev–Trinajstić information content (AvgIpc) is 2.63. The fourth-order valence-electron chi connectivity index (χ4n) is 2.19. The van der Waals surface area contributed by atoms with Gasteiger partial charge < -0.3 is 0 Å². The molecular formula is C21H16OS. The van der Waals surface area contributed by atoms with Crippen molar-refractivity contribution in [2.75, 3.05) is 0 Å². The topological polar surface area (TPSA) is 17.1 Å². The third-order valence-corrected chi connectivity index (χ3v) is 4.36. The molecule has 0 unspecified atom stereocenters. The van der Waals surface area contributed by atoms with Crippen molar-refractivity contribution in [1.82, 2.24) is 0 Å². The molecule has 3 rings (SSSR count). The number of thioether (sulfide) groups is 1. The van der Waals surface area contributed by atoms with E-state index in [1.807, 2.05) is 97.1 Å². The maximum absolute atomic E-state index is 12.9. The number of rotatable bonds is 5. The Hall–Kier alpha value is -2.58. The minimum Gasteiger partial charge on any atom is -0.288 e. The molecule has 0 amide bonds. The van der Waals surface area contributed by atoms with Crippen molar-refractivity contribution in [3.63, 3.8) is 0 Å². The minimum absolute atomic E-state index is 0.0447. The zero-order chi connectivity index (χ0) is 15.9. The highest BCUT2D eigenvalue weighted by molar-refractivity contribution is 8.04. The second kappa shape index (κ2) is 7.61. The number of hydrogen-bond donors (Lipinski definition) is 0. The Morgan fingerprint density at radius 2 is 1.22 bits per heavy atom. The number of carbonyl (C=O) groups excluding carboxylic acids is 1. The molecule has 3 aromatic rings. The first kappa shape index (κ1) is 15.3. The molecular weight excluding hydrogens is 300 g/mol. The van der Waals surface area contributed by atoms with E-state index in [0.29, 0.717) is 10.5 Å². The fraction of sp³-hybridized carbons (Fsp3) is 0. The molecule has 0 aliphatic heterocycles. The van der Waals surface area contributed by atoms with Crippen molar-refractivity contribution < 1.29 is 4.79 Å². The lowest BCUT2D eigenvalue weighted by atomic mass is 10.1. The summed E-state index contributed by atoms with van der Waals surface area (Å²) in [6.45, 7) is 0. The lowest BCUT2D eigenvalue weighted by Crippen LogP contribution is -2.00. The predicted molar refractivity (Wildman–Crippen MR) is 97.5 cm³/mol. The summed E-state index contributed by atoms with van der Waals surface area (Å²) in [5.74, 6) is 0.0447. The van der Waals surface area contributed by atoms with Crippen LogP contribution >= 0.6 is 11.8 Å². The van der Waals surface area contributed by atoms with Crippen LogP contribution in [0, 0.1) is 0 Å². The molecule has 0 fully saturated rings. The van der Waals surface area contributed by atoms with Gasteiger partial charge in [-0.15, -0.1) is 0 Å². The third-order valence-electron chi connectivity index (χ3n) is 3.33. The molecule has 0 atom stereocenters.